The molecule has 1 aromatic rings. The molecular weight excluding hydrogens is 325 g/mol. The van der Waals surface area contributed by atoms with E-state index in [-0.39, 0.29) is 11.5 Å². The number of aliphatic carboxylic acids is 1. The molecule has 0 spiro atoms. The summed E-state index contributed by atoms with van der Waals surface area (Å²) in [4.78, 5) is 21.8. The second-order valence-corrected chi connectivity index (χ2v) is 6.41. The normalized spacial score (nSPS) is 13.6. The standard InChI is InChI=1S/C12H13Cl2NO4S/c1-7(16)15-11(12(17)18)6-20(19)5-8-2-3-9(13)10(14)4-8/h2-4,11H,5-6H2,1H3,(H,15,16)(H,17,18). The monoisotopic (exact) mass is 337 g/mol. The number of rotatable bonds is 6. The number of carbonyl (C=O) groups is 2. The summed E-state index contributed by atoms with van der Waals surface area (Å²) in [5, 5.41) is 11.9. The van der Waals surface area contributed by atoms with Gasteiger partial charge in [0.05, 0.1) is 15.8 Å². The van der Waals surface area contributed by atoms with Crippen LogP contribution in [0, 0.1) is 0 Å². The minimum Gasteiger partial charge on any atom is -0.480 e. The molecule has 2 atom stereocenters. The van der Waals surface area contributed by atoms with E-state index in [4.69, 9.17) is 28.3 Å². The molecule has 8 heteroatoms. The highest BCUT2D eigenvalue weighted by Gasteiger charge is 2.21. The molecule has 2 unspecified atom stereocenters. The summed E-state index contributed by atoms with van der Waals surface area (Å²) in [6, 6.07) is 3.66. The predicted molar refractivity (Wildman–Crippen MR) is 78.4 cm³/mol. The summed E-state index contributed by atoms with van der Waals surface area (Å²) in [6.45, 7) is 1.21. The Morgan fingerprint density at radius 1 is 1.35 bits per heavy atom. The number of carboxylic acid groups (broad SMARTS) is 1. The molecule has 5 nitrogen and oxygen atoms in total. The zero-order chi connectivity index (χ0) is 15.3. The lowest BCUT2D eigenvalue weighted by Crippen LogP contribution is -2.43. The molecule has 0 aliphatic rings. The molecule has 0 radical (unpaired) electrons. The molecule has 0 saturated carbocycles. The predicted octanol–water partition coefficient (Wildman–Crippen LogP) is 1.83. The third kappa shape index (κ3) is 5.48. The van der Waals surface area contributed by atoms with Gasteiger partial charge in [-0.15, -0.1) is 0 Å². The third-order valence-corrected chi connectivity index (χ3v) is 4.44. The Kier molecular flexibility index (Phi) is 6.45. The molecule has 110 valence electrons. The van der Waals surface area contributed by atoms with E-state index in [1.165, 1.54) is 6.92 Å². The Hall–Kier alpha value is -1.11. The van der Waals surface area contributed by atoms with Gasteiger partial charge in [0, 0.05) is 23.5 Å². The van der Waals surface area contributed by atoms with Gasteiger partial charge in [-0.05, 0) is 17.7 Å². The summed E-state index contributed by atoms with van der Waals surface area (Å²) in [6.07, 6.45) is 0. The van der Waals surface area contributed by atoms with E-state index >= 15 is 0 Å². The van der Waals surface area contributed by atoms with Gasteiger partial charge in [0.2, 0.25) is 5.91 Å². The van der Waals surface area contributed by atoms with Crippen LogP contribution in [0.15, 0.2) is 18.2 Å². The lowest BCUT2D eigenvalue weighted by atomic mass is 10.2. The van der Waals surface area contributed by atoms with Crippen LogP contribution in [0.5, 0.6) is 0 Å². The minimum atomic E-state index is -1.45. The third-order valence-electron chi connectivity index (χ3n) is 2.34. The molecule has 0 aliphatic carbocycles. The van der Waals surface area contributed by atoms with Crippen LogP contribution in [0.25, 0.3) is 0 Å². The molecule has 2 N–H and O–H groups in total. The summed E-state index contributed by atoms with van der Waals surface area (Å²) >= 11 is 11.6. The molecule has 0 saturated heterocycles. The van der Waals surface area contributed by atoms with Crippen LogP contribution < -0.4 is 5.32 Å². The van der Waals surface area contributed by atoms with E-state index in [1.807, 2.05) is 0 Å². The summed E-state index contributed by atoms with van der Waals surface area (Å²) in [7, 11) is -1.45. The number of hydrogen-bond acceptors (Lipinski definition) is 3. The van der Waals surface area contributed by atoms with E-state index in [2.05, 4.69) is 5.32 Å². The van der Waals surface area contributed by atoms with Gasteiger partial charge in [0.15, 0.2) is 0 Å². The topological polar surface area (TPSA) is 83.5 Å². The number of amides is 1. The molecule has 0 aromatic heterocycles. The van der Waals surface area contributed by atoms with Crippen molar-refractivity contribution in [3.05, 3.63) is 33.8 Å². The number of benzene rings is 1. The first-order valence-corrected chi connectivity index (χ1v) is 7.82. The summed E-state index contributed by atoms with van der Waals surface area (Å²) < 4.78 is 11.9. The highest BCUT2D eigenvalue weighted by Crippen LogP contribution is 2.23. The first-order chi connectivity index (χ1) is 9.29. The van der Waals surface area contributed by atoms with Crippen molar-refractivity contribution < 1.29 is 18.9 Å². The number of hydrogen-bond donors (Lipinski definition) is 2. The smallest absolute Gasteiger partial charge is 0.327 e. The lowest BCUT2D eigenvalue weighted by molar-refractivity contribution is -0.140. The van der Waals surface area contributed by atoms with Crippen molar-refractivity contribution in [3.8, 4) is 0 Å². The molecule has 0 aliphatic heterocycles. The van der Waals surface area contributed by atoms with Gasteiger partial charge in [-0.3, -0.25) is 9.00 Å². The highest BCUT2D eigenvalue weighted by molar-refractivity contribution is 7.84. The van der Waals surface area contributed by atoms with E-state index in [9.17, 15) is 13.8 Å². The second-order valence-electron chi connectivity index (χ2n) is 4.09. The number of halogens is 2. The van der Waals surface area contributed by atoms with Crippen LogP contribution in [-0.4, -0.2) is 33.0 Å². The molecule has 1 aromatic carbocycles. The van der Waals surface area contributed by atoms with Crippen molar-refractivity contribution in [2.75, 3.05) is 5.75 Å². The minimum absolute atomic E-state index is 0.139. The Bertz CT molecular complexity index is 550. The fraction of sp³-hybridized carbons (Fsp3) is 0.333. The Labute approximate surface area is 128 Å². The molecule has 0 bridgehead atoms. The molecule has 1 amide bonds. The van der Waals surface area contributed by atoms with Gasteiger partial charge in [-0.2, -0.15) is 0 Å². The van der Waals surface area contributed by atoms with Crippen molar-refractivity contribution in [1.29, 1.82) is 0 Å². The molecular formula is C12H13Cl2NO4S. The van der Waals surface area contributed by atoms with Crippen LogP contribution in [0.3, 0.4) is 0 Å². The zero-order valence-electron chi connectivity index (χ0n) is 10.6. The second kappa shape index (κ2) is 7.61. The Morgan fingerprint density at radius 2 is 2.00 bits per heavy atom. The fourth-order valence-corrected chi connectivity index (χ4v) is 3.07. The van der Waals surface area contributed by atoms with Crippen molar-refractivity contribution in [2.24, 2.45) is 0 Å². The Balaban J connectivity index is 2.67. The molecule has 0 heterocycles. The van der Waals surface area contributed by atoms with Gasteiger partial charge in [-0.25, -0.2) is 4.79 Å². The average Bonchev–Trinajstić information content (AvgIpc) is 2.32. The Morgan fingerprint density at radius 3 is 2.50 bits per heavy atom. The summed E-state index contributed by atoms with van der Waals surface area (Å²) in [5.41, 5.74) is 0.685. The first-order valence-electron chi connectivity index (χ1n) is 5.58. The van der Waals surface area contributed by atoms with Crippen LogP contribution in [-0.2, 0) is 26.1 Å². The van der Waals surface area contributed by atoms with E-state index < -0.39 is 28.7 Å². The number of carboxylic acids is 1. The van der Waals surface area contributed by atoms with Crippen LogP contribution in [0.2, 0.25) is 10.0 Å². The van der Waals surface area contributed by atoms with Crippen LogP contribution in [0.1, 0.15) is 12.5 Å². The number of nitrogens with one attached hydrogen (secondary N) is 1. The molecule has 1 rings (SSSR count). The average molecular weight is 338 g/mol. The van der Waals surface area contributed by atoms with Crippen molar-refractivity contribution in [2.45, 2.75) is 18.7 Å². The number of carbonyl (C=O) groups excluding carboxylic acids is 1. The quantitative estimate of drug-likeness (QED) is 0.829. The maximum atomic E-state index is 11.9. The van der Waals surface area contributed by atoms with Gasteiger partial charge in [-0.1, -0.05) is 29.3 Å². The van der Waals surface area contributed by atoms with Crippen molar-refractivity contribution in [3.63, 3.8) is 0 Å². The van der Waals surface area contributed by atoms with Gasteiger partial charge in [0.1, 0.15) is 6.04 Å². The lowest BCUT2D eigenvalue weighted by Gasteiger charge is -2.12. The van der Waals surface area contributed by atoms with Crippen LogP contribution in [0.4, 0.5) is 0 Å². The summed E-state index contributed by atoms with van der Waals surface area (Å²) in [5.74, 6) is -1.73. The first kappa shape index (κ1) is 16.9. The van der Waals surface area contributed by atoms with E-state index in [0.29, 0.717) is 15.6 Å². The van der Waals surface area contributed by atoms with Crippen molar-refractivity contribution in [1.82, 2.24) is 5.32 Å². The van der Waals surface area contributed by atoms with E-state index in [1.54, 1.807) is 18.2 Å². The van der Waals surface area contributed by atoms with Crippen LogP contribution >= 0.6 is 23.2 Å². The van der Waals surface area contributed by atoms with Crippen molar-refractivity contribution >= 4 is 45.9 Å². The largest absolute Gasteiger partial charge is 0.480 e. The van der Waals surface area contributed by atoms with Gasteiger partial charge < -0.3 is 10.4 Å². The maximum Gasteiger partial charge on any atom is 0.327 e. The van der Waals surface area contributed by atoms with E-state index in [0.717, 1.165) is 0 Å². The highest BCUT2D eigenvalue weighted by atomic mass is 35.5. The zero-order valence-corrected chi connectivity index (χ0v) is 12.9. The van der Waals surface area contributed by atoms with Gasteiger partial charge in [0.25, 0.3) is 0 Å². The van der Waals surface area contributed by atoms with Gasteiger partial charge >= 0.3 is 5.97 Å². The molecule has 0 fully saturated rings. The maximum absolute atomic E-state index is 11.9. The fourth-order valence-electron chi connectivity index (χ4n) is 1.48. The molecule has 20 heavy (non-hydrogen) atoms. The SMILES string of the molecule is CC(=O)NC(CS(=O)Cc1ccc(Cl)c(Cl)c1)C(=O)O.